The molecule has 0 saturated carbocycles. The van der Waals surface area contributed by atoms with Crippen LogP contribution in [0.25, 0.3) is 10.9 Å². The number of esters is 1. The largest absolute Gasteiger partial charge is 0.467 e. The lowest BCUT2D eigenvalue weighted by Gasteiger charge is -2.38. The molecule has 0 spiro atoms. The molecule has 2 aliphatic rings. The van der Waals surface area contributed by atoms with Crippen LogP contribution in [0.5, 0.6) is 0 Å². The van der Waals surface area contributed by atoms with E-state index in [1.807, 2.05) is 36.5 Å². The van der Waals surface area contributed by atoms with Crippen LogP contribution in [0.15, 0.2) is 88.4 Å². The average Bonchev–Trinajstić information content (AvgIpc) is 3.60. The molecule has 6 rings (SSSR count). The zero-order chi connectivity index (χ0) is 30.0. The van der Waals surface area contributed by atoms with Gasteiger partial charge >= 0.3 is 12.1 Å². The van der Waals surface area contributed by atoms with Crippen LogP contribution in [0.1, 0.15) is 38.3 Å². The fourth-order valence-corrected chi connectivity index (χ4v) is 8.40. The monoisotopic (exact) mass is 651 g/mol. The molecule has 3 atom stereocenters. The lowest BCUT2D eigenvalue weighted by molar-refractivity contribution is -0.146. The number of sulfonamides is 1. The molecule has 4 aromatic rings. The molecule has 2 aliphatic heterocycles. The maximum Gasteiger partial charge on any atom is 0.412 e. The highest BCUT2D eigenvalue weighted by molar-refractivity contribution is 9.10. The van der Waals surface area contributed by atoms with Crippen molar-refractivity contribution in [3.63, 3.8) is 0 Å². The highest BCUT2D eigenvalue weighted by Gasteiger charge is 2.68. The number of amides is 1. The van der Waals surface area contributed by atoms with Crippen molar-refractivity contribution in [1.29, 1.82) is 0 Å². The van der Waals surface area contributed by atoms with Gasteiger partial charge in [-0.05, 0) is 74.7 Å². The molecular formula is C31H30BrN3O6S. The van der Waals surface area contributed by atoms with E-state index in [0.29, 0.717) is 11.3 Å². The summed E-state index contributed by atoms with van der Waals surface area (Å²) in [7, 11) is -3.00. The standard InChI is InChI=1S/C31H30BrN3O6S/c1-30(2,3)41-29(37)34-26(27(36)40-4)17-31(23-18-33-24-15-14-19(32)16-21(23)24)22-12-8-9-13-25(22)35(28(31)34)42(38,39)20-10-6-5-7-11-20/h5-16,18,26,28,33H,17H2,1-4H3/t26-,28-,31+/m0/s1. The van der Waals surface area contributed by atoms with E-state index in [-0.39, 0.29) is 11.3 Å². The maximum atomic E-state index is 14.6. The fourth-order valence-electron chi connectivity index (χ4n) is 6.35. The van der Waals surface area contributed by atoms with Crippen LogP contribution in [0.4, 0.5) is 10.5 Å². The summed E-state index contributed by atoms with van der Waals surface area (Å²) in [5.74, 6) is -0.662. The highest BCUT2D eigenvalue weighted by Crippen LogP contribution is 2.60. The number of para-hydroxylation sites is 1. The Bertz CT molecular complexity index is 1820. The van der Waals surface area contributed by atoms with Gasteiger partial charge in [-0.1, -0.05) is 52.3 Å². The molecular weight excluding hydrogens is 622 g/mol. The van der Waals surface area contributed by atoms with Gasteiger partial charge in [-0.3, -0.25) is 4.90 Å². The van der Waals surface area contributed by atoms with Crippen LogP contribution < -0.4 is 4.31 Å². The molecule has 0 bridgehead atoms. The first-order valence-electron chi connectivity index (χ1n) is 13.5. The summed E-state index contributed by atoms with van der Waals surface area (Å²) >= 11 is 3.57. The van der Waals surface area contributed by atoms with Gasteiger partial charge in [-0.25, -0.2) is 22.3 Å². The summed E-state index contributed by atoms with van der Waals surface area (Å²) in [5.41, 5.74) is 0.606. The van der Waals surface area contributed by atoms with Crippen LogP contribution in [-0.4, -0.2) is 55.3 Å². The number of anilines is 1. The summed E-state index contributed by atoms with van der Waals surface area (Å²) in [4.78, 5) is 32.2. The first-order valence-corrected chi connectivity index (χ1v) is 15.7. The summed E-state index contributed by atoms with van der Waals surface area (Å²) in [6.07, 6.45) is -0.0863. The summed E-state index contributed by atoms with van der Waals surface area (Å²) in [5, 5.41) is 0.831. The number of ether oxygens (including phenoxy) is 2. The molecule has 1 aromatic heterocycles. The molecule has 0 unspecified atom stereocenters. The van der Waals surface area contributed by atoms with Crippen molar-refractivity contribution in [2.24, 2.45) is 0 Å². The Morgan fingerprint density at radius 1 is 1.00 bits per heavy atom. The molecule has 0 aliphatic carbocycles. The van der Waals surface area contributed by atoms with E-state index < -0.39 is 45.3 Å². The number of nitrogens with one attached hydrogen (secondary N) is 1. The molecule has 1 amide bonds. The van der Waals surface area contributed by atoms with E-state index in [1.54, 1.807) is 51.1 Å². The van der Waals surface area contributed by atoms with Crippen molar-refractivity contribution in [3.8, 4) is 0 Å². The summed E-state index contributed by atoms with van der Waals surface area (Å²) in [6, 6.07) is 19.9. The number of hydrogen-bond donors (Lipinski definition) is 1. The highest BCUT2D eigenvalue weighted by atomic mass is 79.9. The smallest absolute Gasteiger partial charge is 0.412 e. The molecule has 0 radical (unpaired) electrons. The number of aromatic nitrogens is 1. The zero-order valence-electron chi connectivity index (χ0n) is 23.5. The first kappa shape index (κ1) is 28.3. The topological polar surface area (TPSA) is 109 Å². The maximum absolute atomic E-state index is 14.6. The number of nitrogens with zero attached hydrogens (tertiary/aromatic N) is 2. The first-order chi connectivity index (χ1) is 19.9. The number of methoxy groups -OCH3 is 1. The summed E-state index contributed by atoms with van der Waals surface area (Å²) < 4.78 is 42.3. The molecule has 3 aromatic carbocycles. The third-order valence-corrected chi connectivity index (χ3v) is 10.2. The lowest BCUT2D eigenvalue weighted by Crippen LogP contribution is -2.57. The second-order valence-corrected chi connectivity index (χ2v) is 14.2. The third kappa shape index (κ3) is 4.20. The number of fused-ring (bicyclic) bond motifs is 4. The number of carbonyl (C=O) groups is 2. The number of benzene rings is 3. The lowest BCUT2D eigenvalue weighted by atomic mass is 9.72. The van der Waals surface area contributed by atoms with Crippen molar-refractivity contribution >= 4 is 54.6 Å². The third-order valence-electron chi connectivity index (χ3n) is 7.90. The van der Waals surface area contributed by atoms with Crippen molar-refractivity contribution in [2.45, 2.75) is 55.3 Å². The molecule has 218 valence electrons. The number of rotatable bonds is 4. The molecule has 9 nitrogen and oxygen atoms in total. The number of likely N-dealkylation sites (tertiary alicyclic amines) is 1. The normalized spacial score (nSPS) is 21.7. The Balaban J connectivity index is 1.71. The predicted molar refractivity (Wildman–Crippen MR) is 162 cm³/mol. The zero-order valence-corrected chi connectivity index (χ0v) is 25.9. The molecule has 11 heteroatoms. The number of H-pyrrole nitrogens is 1. The second kappa shape index (κ2) is 9.88. The minimum atomic E-state index is -4.25. The van der Waals surface area contributed by atoms with Crippen molar-refractivity contribution in [2.75, 3.05) is 11.4 Å². The van der Waals surface area contributed by atoms with E-state index in [9.17, 15) is 18.0 Å². The Kier molecular flexibility index (Phi) is 6.65. The number of carbonyl (C=O) groups excluding carboxylic acids is 2. The Labute approximate surface area is 252 Å². The molecule has 3 heterocycles. The Morgan fingerprint density at radius 3 is 2.38 bits per heavy atom. The van der Waals surface area contributed by atoms with Crippen LogP contribution in [-0.2, 0) is 29.7 Å². The fraction of sp³-hybridized carbons (Fsp3) is 0.290. The van der Waals surface area contributed by atoms with Gasteiger partial charge in [0, 0.05) is 21.6 Å². The minimum Gasteiger partial charge on any atom is -0.467 e. The Hall–Kier alpha value is -3.83. The van der Waals surface area contributed by atoms with E-state index in [1.165, 1.54) is 28.4 Å². The van der Waals surface area contributed by atoms with Gasteiger partial charge in [0.25, 0.3) is 10.0 Å². The van der Waals surface area contributed by atoms with Gasteiger partial charge in [0.05, 0.1) is 23.1 Å². The van der Waals surface area contributed by atoms with Crippen LogP contribution in [0, 0.1) is 0 Å². The van der Waals surface area contributed by atoms with Crippen LogP contribution >= 0.6 is 15.9 Å². The minimum absolute atomic E-state index is 0.0583. The van der Waals surface area contributed by atoms with Crippen molar-refractivity contribution in [1.82, 2.24) is 9.88 Å². The van der Waals surface area contributed by atoms with Gasteiger partial charge in [0.1, 0.15) is 17.8 Å². The van der Waals surface area contributed by atoms with Crippen molar-refractivity contribution in [3.05, 3.63) is 94.6 Å². The second-order valence-electron chi connectivity index (χ2n) is 11.5. The van der Waals surface area contributed by atoms with Crippen LogP contribution in [0.2, 0.25) is 0 Å². The summed E-state index contributed by atoms with van der Waals surface area (Å²) in [6.45, 7) is 5.17. The van der Waals surface area contributed by atoms with Gasteiger partial charge in [0.15, 0.2) is 0 Å². The Morgan fingerprint density at radius 2 is 1.69 bits per heavy atom. The SMILES string of the molecule is COC(=O)[C@@H]1C[C@]2(c3c[nH]c4ccc(Br)cc34)c3ccccc3N(S(=O)(=O)c3ccccc3)[C@@H]2N1C(=O)OC(C)(C)C. The van der Waals surface area contributed by atoms with Gasteiger partial charge in [0.2, 0.25) is 0 Å². The average molecular weight is 653 g/mol. The van der Waals surface area contributed by atoms with E-state index in [2.05, 4.69) is 20.9 Å². The number of hydrogen-bond acceptors (Lipinski definition) is 6. The van der Waals surface area contributed by atoms with Crippen LogP contribution in [0.3, 0.4) is 0 Å². The van der Waals surface area contributed by atoms with Gasteiger partial charge in [-0.2, -0.15) is 0 Å². The van der Waals surface area contributed by atoms with E-state index in [0.717, 1.165) is 20.9 Å². The van der Waals surface area contributed by atoms with E-state index in [4.69, 9.17) is 9.47 Å². The predicted octanol–water partition coefficient (Wildman–Crippen LogP) is 5.93. The van der Waals surface area contributed by atoms with Crippen molar-refractivity contribution < 1.29 is 27.5 Å². The molecule has 1 fully saturated rings. The molecule has 1 N–H and O–H groups in total. The van der Waals surface area contributed by atoms with Gasteiger partial charge in [-0.15, -0.1) is 0 Å². The van der Waals surface area contributed by atoms with Gasteiger partial charge < -0.3 is 14.5 Å². The number of aromatic amines is 1. The molecule has 1 saturated heterocycles. The molecule has 42 heavy (non-hydrogen) atoms. The quantitative estimate of drug-likeness (QED) is 0.274. The number of halogens is 1. The van der Waals surface area contributed by atoms with E-state index >= 15 is 0 Å².